The Bertz CT molecular complexity index is 1130. The zero-order valence-corrected chi connectivity index (χ0v) is 19.8. The summed E-state index contributed by atoms with van der Waals surface area (Å²) in [4.78, 5) is 38.6. The number of aryl methyl sites for hydroxylation is 1. The van der Waals surface area contributed by atoms with Gasteiger partial charge in [0.25, 0.3) is 11.8 Å². The minimum atomic E-state index is 0.00637. The molecule has 4 heterocycles. The van der Waals surface area contributed by atoms with Crippen molar-refractivity contribution in [3.05, 3.63) is 56.4 Å². The molecule has 0 saturated carbocycles. The normalized spacial score (nSPS) is 18.8. The summed E-state index contributed by atoms with van der Waals surface area (Å²) in [6, 6.07) is 8.00. The summed E-state index contributed by atoms with van der Waals surface area (Å²) in [6.07, 6.45) is 2.58. The van der Waals surface area contributed by atoms with Crippen molar-refractivity contribution < 1.29 is 9.59 Å². The smallest absolute Gasteiger partial charge is 0.282 e. The topological polar surface area (TPSA) is 78.4 Å². The monoisotopic (exact) mass is 487 g/mol. The first-order valence-electron chi connectivity index (χ1n) is 10.5. The van der Waals surface area contributed by atoms with E-state index in [9.17, 15) is 9.59 Å². The van der Waals surface area contributed by atoms with Gasteiger partial charge in [-0.25, -0.2) is 9.97 Å². The molecule has 3 aromatic rings. The molecular weight excluding hydrogens is 466 g/mol. The molecule has 10 heteroatoms. The quantitative estimate of drug-likeness (QED) is 0.595. The first kappa shape index (κ1) is 21.5. The molecule has 2 fully saturated rings. The van der Waals surface area contributed by atoms with Gasteiger partial charge in [0.05, 0.1) is 5.69 Å². The third kappa shape index (κ3) is 4.30. The van der Waals surface area contributed by atoms with Crippen LogP contribution in [0.5, 0.6) is 0 Å². The minimum absolute atomic E-state index is 0.00637. The molecule has 1 unspecified atom stereocenters. The van der Waals surface area contributed by atoms with E-state index in [0.717, 1.165) is 29.2 Å². The second-order valence-electron chi connectivity index (χ2n) is 8.09. The highest BCUT2D eigenvalue weighted by Gasteiger charge is 2.36. The van der Waals surface area contributed by atoms with E-state index in [2.05, 4.69) is 15.3 Å². The average molecular weight is 488 g/mol. The van der Waals surface area contributed by atoms with Crippen molar-refractivity contribution in [2.75, 3.05) is 26.2 Å². The lowest BCUT2D eigenvalue weighted by molar-refractivity contribution is 0.0556. The summed E-state index contributed by atoms with van der Waals surface area (Å²) in [6.45, 7) is 4.64. The van der Waals surface area contributed by atoms with Crippen molar-refractivity contribution in [1.29, 1.82) is 0 Å². The molecule has 2 saturated heterocycles. The second-order valence-corrected chi connectivity index (χ2v) is 10.4. The molecular formula is C22H22ClN5O2S2. The number of hydrogen-bond donors (Lipinski definition) is 1. The van der Waals surface area contributed by atoms with E-state index >= 15 is 0 Å². The number of carbonyl (C=O) groups is 2. The molecule has 1 N–H and O–H groups in total. The predicted octanol–water partition coefficient (Wildman–Crippen LogP) is 3.56. The summed E-state index contributed by atoms with van der Waals surface area (Å²) >= 11 is 8.77. The predicted molar refractivity (Wildman–Crippen MR) is 127 cm³/mol. The Morgan fingerprint density at radius 1 is 1.09 bits per heavy atom. The Hall–Kier alpha value is -2.33. The largest absolute Gasteiger partial charge is 0.335 e. The van der Waals surface area contributed by atoms with Gasteiger partial charge in [0.2, 0.25) is 0 Å². The summed E-state index contributed by atoms with van der Waals surface area (Å²) in [5.41, 5.74) is 1.72. The molecule has 2 aromatic heterocycles. The zero-order valence-electron chi connectivity index (χ0n) is 17.5. The van der Waals surface area contributed by atoms with Gasteiger partial charge in [-0.3, -0.25) is 9.59 Å². The number of nitrogens with zero attached hydrogens (tertiary/aromatic N) is 4. The molecule has 0 aliphatic carbocycles. The fourth-order valence-electron chi connectivity index (χ4n) is 4.08. The fourth-order valence-corrected chi connectivity index (χ4v) is 5.85. The van der Waals surface area contributed by atoms with Gasteiger partial charge in [-0.15, -0.1) is 22.7 Å². The van der Waals surface area contributed by atoms with E-state index in [-0.39, 0.29) is 23.9 Å². The first-order chi connectivity index (χ1) is 15.5. The lowest BCUT2D eigenvalue weighted by Crippen LogP contribution is -2.62. The second kappa shape index (κ2) is 8.90. The number of aromatic nitrogens is 2. The molecule has 1 atom stereocenters. The van der Waals surface area contributed by atoms with Crippen LogP contribution in [0.15, 0.2) is 35.8 Å². The van der Waals surface area contributed by atoms with Crippen LogP contribution in [-0.2, 0) is 0 Å². The molecule has 0 spiro atoms. The lowest BCUT2D eigenvalue weighted by atomic mass is 10.1. The third-order valence-corrected chi connectivity index (χ3v) is 8.02. The van der Waals surface area contributed by atoms with E-state index in [0.29, 0.717) is 34.5 Å². The van der Waals surface area contributed by atoms with Crippen LogP contribution in [0.2, 0.25) is 5.02 Å². The average Bonchev–Trinajstić information content (AvgIpc) is 3.51. The van der Waals surface area contributed by atoms with E-state index < -0.39 is 0 Å². The first-order valence-corrected chi connectivity index (χ1v) is 12.5. The maximum absolute atomic E-state index is 13.0. The Morgan fingerprint density at radius 2 is 1.84 bits per heavy atom. The van der Waals surface area contributed by atoms with Crippen molar-refractivity contribution in [3.8, 4) is 10.6 Å². The van der Waals surface area contributed by atoms with Crippen molar-refractivity contribution in [1.82, 2.24) is 25.1 Å². The molecule has 0 bridgehead atoms. The van der Waals surface area contributed by atoms with E-state index in [1.54, 1.807) is 6.20 Å². The number of benzene rings is 1. The van der Waals surface area contributed by atoms with E-state index in [1.807, 2.05) is 46.4 Å². The number of rotatable bonds is 5. The Labute approximate surface area is 199 Å². The van der Waals surface area contributed by atoms with Crippen LogP contribution in [0.25, 0.3) is 10.6 Å². The Balaban J connectivity index is 1.14. The molecule has 7 nitrogen and oxygen atoms in total. The summed E-state index contributed by atoms with van der Waals surface area (Å²) in [5, 5.41) is 7.47. The van der Waals surface area contributed by atoms with Crippen LogP contribution in [0, 0.1) is 6.92 Å². The Morgan fingerprint density at radius 3 is 2.56 bits per heavy atom. The lowest BCUT2D eigenvalue weighted by Gasteiger charge is -2.41. The zero-order chi connectivity index (χ0) is 22.2. The molecule has 32 heavy (non-hydrogen) atoms. The van der Waals surface area contributed by atoms with Crippen LogP contribution in [0.3, 0.4) is 0 Å². The molecule has 166 valence electrons. The van der Waals surface area contributed by atoms with Gasteiger partial charge in [0.1, 0.15) is 9.88 Å². The van der Waals surface area contributed by atoms with Gasteiger partial charge >= 0.3 is 0 Å². The van der Waals surface area contributed by atoms with Gasteiger partial charge in [-0.1, -0.05) is 23.7 Å². The number of carbonyl (C=O) groups excluding carboxylic acids is 2. The van der Waals surface area contributed by atoms with Crippen LogP contribution in [-0.4, -0.2) is 69.8 Å². The van der Waals surface area contributed by atoms with Gasteiger partial charge in [0.15, 0.2) is 5.01 Å². The van der Waals surface area contributed by atoms with Crippen LogP contribution in [0.4, 0.5) is 0 Å². The number of amides is 2. The van der Waals surface area contributed by atoms with Crippen molar-refractivity contribution in [2.45, 2.75) is 25.4 Å². The van der Waals surface area contributed by atoms with Gasteiger partial charge < -0.3 is 15.1 Å². The minimum Gasteiger partial charge on any atom is -0.335 e. The molecule has 5 rings (SSSR count). The number of halogens is 1. The molecule has 0 radical (unpaired) electrons. The maximum Gasteiger partial charge on any atom is 0.282 e. The molecule has 1 aromatic carbocycles. The number of hydrogen-bond acceptors (Lipinski definition) is 7. The third-order valence-electron chi connectivity index (χ3n) is 5.81. The van der Waals surface area contributed by atoms with Crippen molar-refractivity contribution >= 4 is 46.1 Å². The standard InChI is InChI=1S/C22H22ClN5O2S2/c1-13-18(32-19(25-13)14-2-4-15(23)5-3-14)21(29)28-11-17(12-28)26-16-6-8-27(10-16)22(30)20-24-7-9-31-20/h2-5,7,9,16-17,26H,6,8,10-12H2,1H3. The summed E-state index contributed by atoms with van der Waals surface area (Å²) in [5.74, 6) is 0.0390. The van der Waals surface area contributed by atoms with E-state index in [4.69, 9.17) is 11.6 Å². The van der Waals surface area contributed by atoms with Crippen molar-refractivity contribution in [3.63, 3.8) is 0 Å². The summed E-state index contributed by atoms with van der Waals surface area (Å²) in [7, 11) is 0. The SMILES string of the molecule is Cc1nc(-c2ccc(Cl)cc2)sc1C(=O)N1CC(NC2CCN(C(=O)c3nccs3)C2)C1. The van der Waals surface area contributed by atoms with Gasteiger partial charge in [-0.2, -0.15) is 0 Å². The molecule has 2 amide bonds. The highest BCUT2D eigenvalue weighted by molar-refractivity contribution is 7.17. The number of nitrogens with one attached hydrogen (secondary N) is 1. The number of thiazole rings is 2. The highest BCUT2D eigenvalue weighted by atomic mass is 35.5. The van der Waals surface area contributed by atoms with Crippen LogP contribution < -0.4 is 5.32 Å². The molecule has 2 aliphatic rings. The van der Waals surface area contributed by atoms with E-state index in [1.165, 1.54) is 22.7 Å². The van der Waals surface area contributed by atoms with Crippen LogP contribution >= 0.6 is 34.3 Å². The highest BCUT2D eigenvalue weighted by Crippen LogP contribution is 2.30. The van der Waals surface area contributed by atoms with Crippen molar-refractivity contribution in [2.24, 2.45) is 0 Å². The Kier molecular flexibility index (Phi) is 5.98. The van der Waals surface area contributed by atoms with Gasteiger partial charge in [0, 0.05) is 60.4 Å². The fraction of sp³-hybridized carbons (Fsp3) is 0.364. The summed E-state index contributed by atoms with van der Waals surface area (Å²) < 4.78 is 0. The maximum atomic E-state index is 13.0. The molecule has 2 aliphatic heterocycles. The van der Waals surface area contributed by atoms with Gasteiger partial charge in [-0.05, 0) is 25.5 Å². The number of likely N-dealkylation sites (tertiary alicyclic amines) is 2. The van der Waals surface area contributed by atoms with Crippen LogP contribution in [0.1, 0.15) is 31.6 Å².